The summed E-state index contributed by atoms with van der Waals surface area (Å²) < 4.78 is 6.49. The van der Waals surface area contributed by atoms with Gasteiger partial charge in [0.2, 0.25) is 0 Å². The van der Waals surface area contributed by atoms with E-state index < -0.39 is 0 Å². The van der Waals surface area contributed by atoms with Crippen LogP contribution in [0.1, 0.15) is 55.4 Å². The Morgan fingerprint density at radius 1 is 0.511 bits per heavy atom. The maximum Gasteiger partial charge on any atom is 0.159 e. The standard InChI is InChI=1S/C8H6N2.C8H7N.C8H6O.C8H6S.4C2H6/c1-3-7-4-2-6-10-8(7)9-5-1;3*1-2-4-8-7(3-1)5-6-9-8;4*1-2/h1-6H;1-6,9H;2*1-6H;4*1-2H3. The fourth-order valence-corrected chi connectivity index (χ4v) is 4.51. The maximum atomic E-state index is 5.12. The number of para-hydroxylation sites is 2. The number of benzene rings is 3. The molecule has 5 aromatic heterocycles. The molecule has 0 fully saturated rings. The number of hydrogen-bond donors (Lipinski definition) is 1. The van der Waals surface area contributed by atoms with E-state index in [4.69, 9.17) is 4.42 Å². The number of pyridine rings is 2. The topological polar surface area (TPSA) is 54.7 Å². The Balaban J connectivity index is 0.000000279. The first-order valence-electron chi connectivity index (χ1n) is 15.9. The van der Waals surface area contributed by atoms with Crippen LogP contribution in [0, 0.1) is 0 Å². The molecule has 8 rings (SSSR count). The number of furan rings is 1. The molecular weight excluding hydrogens is 571 g/mol. The van der Waals surface area contributed by atoms with Crippen LogP contribution in [0.25, 0.3) is 43.0 Å². The van der Waals surface area contributed by atoms with Gasteiger partial charge in [-0.1, -0.05) is 110 Å². The fourth-order valence-electron chi connectivity index (χ4n) is 3.72. The van der Waals surface area contributed by atoms with Gasteiger partial charge < -0.3 is 9.40 Å². The average molecular weight is 620 g/mol. The van der Waals surface area contributed by atoms with Gasteiger partial charge in [0.05, 0.1) is 6.26 Å². The Morgan fingerprint density at radius 2 is 1.07 bits per heavy atom. The summed E-state index contributed by atoms with van der Waals surface area (Å²) in [7, 11) is 0. The summed E-state index contributed by atoms with van der Waals surface area (Å²) in [4.78, 5) is 11.3. The van der Waals surface area contributed by atoms with Gasteiger partial charge in [-0.3, -0.25) is 0 Å². The predicted octanol–water partition coefficient (Wildman–Crippen LogP) is 13.2. The zero-order valence-electron chi connectivity index (χ0n) is 28.1. The number of thiophene rings is 1. The molecule has 0 radical (unpaired) electrons. The minimum Gasteiger partial charge on any atom is -0.464 e. The molecule has 5 heteroatoms. The van der Waals surface area contributed by atoms with Crippen molar-refractivity contribution >= 4 is 54.3 Å². The molecule has 0 amide bonds. The molecule has 0 atom stereocenters. The molecular formula is C40H49N3OS. The molecule has 3 aromatic carbocycles. The van der Waals surface area contributed by atoms with Crippen molar-refractivity contribution in [3.63, 3.8) is 0 Å². The predicted molar refractivity (Wildman–Crippen MR) is 201 cm³/mol. The molecule has 0 aliphatic heterocycles. The number of H-pyrrole nitrogens is 1. The number of fused-ring (bicyclic) bond motifs is 4. The van der Waals surface area contributed by atoms with Crippen LogP contribution >= 0.6 is 11.3 Å². The van der Waals surface area contributed by atoms with Crippen LogP contribution in [0.4, 0.5) is 0 Å². The smallest absolute Gasteiger partial charge is 0.159 e. The highest BCUT2D eigenvalue weighted by Gasteiger charge is 1.90. The van der Waals surface area contributed by atoms with E-state index in [1.165, 1.54) is 21.0 Å². The summed E-state index contributed by atoms with van der Waals surface area (Å²) in [6, 6.07) is 38.5. The van der Waals surface area contributed by atoms with Crippen molar-refractivity contribution in [3.8, 4) is 0 Å². The lowest BCUT2D eigenvalue weighted by molar-refractivity contribution is 0.616. The van der Waals surface area contributed by atoms with Gasteiger partial charge in [-0.05, 0) is 76.8 Å². The molecule has 0 spiro atoms. The van der Waals surface area contributed by atoms with Gasteiger partial charge in [-0.25, -0.2) is 9.97 Å². The van der Waals surface area contributed by atoms with Crippen LogP contribution in [0.2, 0.25) is 0 Å². The second-order valence-corrected chi connectivity index (χ2v) is 8.98. The number of nitrogens with one attached hydrogen (secondary N) is 1. The number of aromatic nitrogens is 3. The molecule has 0 aliphatic rings. The molecule has 0 saturated heterocycles. The Labute approximate surface area is 273 Å². The first-order valence-corrected chi connectivity index (χ1v) is 16.8. The van der Waals surface area contributed by atoms with Crippen molar-refractivity contribution < 1.29 is 4.42 Å². The van der Waals surface area contributed by atoms with E-state index in [2.05, 4.69) is 68.9 Å². The third kappa shape index (κ3) is 13.2. The van der Waals surface area contributed by atoms with E-state index in [-0.39, 0.29) is 0 Å². The van der Waals surface area contributed by atoms with Crippen LogP contribution < -0.4 is 0 Å². The van der Waals surface area contributed by atoms with Gasteiger partial charge in [0.15, 0.2) is 5.65 Å². The van der Waals surface area contributed by atoms with E-state index in [0.717, 1.165) is 22.0 Å². The quantitative estimate of drug-likeness (QED) is 0.184. The minimum absolute atomic E-state index is 0.810. The second kappa shape index (κ2) is 24.7. The van der Waals surface area contributed by atoms with Crippen LogP contribution in [0.15, 0.2) is 150 Å². The summed E-state index contributed by atoms with van der Waals surface area (Å²) in [5.41, 5.74) is 2.97. The van der Waals surface area contributed by atoms with Crippen LogP contribution in [-0.4, -0.2) is 15.0 Å². The van der Waals surface area contributed by atoms with Gasteiger partial charge >= 0.3 is 0 Å². The van der Waals surface area contributed by atoms with Crippen molar-refractivity contribution in [2.45, 2.75) is 55.4 Å². The highest BCUT2D eigenvalue weighted by molar-refractivity contribution is 7.17. The molecule has 0 unspecified atom stereocenters. The van der Waals surface area contributed by atoms with Gasteiger partial charge in [-0.2, -0.15) is 0 Å². The molecule has 5 heterocycles. The number of nitrogens with zero attached hydrogens (tertiary/aromatic N) is 2. The average Bonchev–Trinajstić information content (AvgIpc) is 3.94. The molecule has 0 aliphatic carbocycles. The first kappa shape index (κ1) is 38.3. The Hall–Kier alpha value is -4.74. The summed E-state index contributed by atoms with van der Waals surface area (Å²) in [5, 5.41) is 6.99. The van der Waals surface area contributed by atoms with E-state index in [1.54, 1.807) is 30.0 Å². The molecule has 0 bridgehead atoms. The van der Waals surface area contributed by atoms with Crippen molar-refractivity contribution in [1.29, 1.82) is 0 Å². The highest BCUT2D eigenvalue weighted by atomic mass is 32.1. The van der Waals surface area contributed by atoms with Crippen molar-refractivity contribution in [2.24, 2.45) is 0 Å². The largest absolute Gasteiger partial charge is 0.464 e. The Morgan fingerprint density at radius 3 is 1.67 bits per heavy atom. The van der Waals surface area contributed by atoms with Crippen molar-refractivity contribution in [2.75, 3.05) is 0 Å². The van der Waals surface area contributed by atoms with E-state index in [1.807, 2.05) is 128 Å². The molecule has 8 aromatic rings. The van der Waals surface area contributed by atoms with Gasteiger partial charge in [-0.15, -0.1) is 11.3 Å². The van der Waals surface area contributed by atoms with E-state index >= 15 is 0 Å². The first-order chi connectivity index (χ1) is 22.4. The lowest BCUT2D eigenvalue weighted by Crippen LogP contribution is -1.78. The highest BCUT2D eigenvalue weighted by Crippen LogP contribution is 2.19. The third-order valence-electron chi connectivity index (χ3n) is 5.56. The minimum atomic E-state index is 0.810. The van der Waals surface area contributed by atoms with Crippen LogP contribution in [0.3, 0.4) is 0 Å². The molecule has 4 nitrogen and oxygen atoms in total. The molecule has 236 valence electrons. The summed E-state index contributed by atoms with van der Waals surface area (Å²) in [6.07, 6.45) is 7.14. The zero-order valence-corrected chi connectivity index (χ0v) is 28.9. The summed E-state index contributed by atoms with van der Waals surface area (Å²) in [6.45, 7) is 16.0. The fraction of sp³-hybridized carbons (Fsp3) is 0.200. The van der Waals surface area contributed by atoms with Crippen molar-refractivity contribution in [1.82, 2.24) is 15.0 Å². The van der Waals surface area contributed by atoms with Crippen LogP contribution in [-0.2, 0) is 0 Å². The van der Waals surface area contributed by atoms with Gasteiger partial charge in [0, 0.05) is 39.6 Å². The van der Waals surface area contributed by atoms with E-state index in [0.29, 0.717) is 0 Å². The maximum absolute atomic E-state index is 5.12. The normalized spacial score (nSPS) is 8.89. The lowest BCUT2D eigenvalue weighted by atomic mass is 10.3. The van der Waals surface area contributed by atoms with Gasteiger partial charge in [0.1, 0.15) is 5.58 Å². The van der Waals surface area contributed by atoms with Crippen molar-refractivity contribution in [3.05, 3.63) is 145 Å². The molecule has 1 N–H and O–H groups in total. The summed E-state index contributed by atoms with van der Waals surface area (Å²) in [5.74, 6) is 0. The number of aromatic amines is 1. The lowest BCUT2D eigenvalue weighted by Gasteiger charge is -1.90. The molecule has 45 heavy (non-hydrogen) atoms. The van der Waals surface area contributed by atoms with Gasteiger partial charge in [0.25, 0.3) is 0 Å². The third-order valence-corrected chi connectivity index (χ3v) is 6.46. The second-order valence-electron chi connectivity index (χ2n) is 8.04. The Kier molecular flexibility index (Phi) is 21.0. The SMILES string of the molecule is CC.CC.CC.CC.c1ccc2[nH]ccc2c1.c1ccc2occc2c1.c1ccc2sccc2c1.c1cnc2ncccc2c1. The monoisotopic (exact) mass is 619 g/mol. The number of rotatable bonds is 0. The molecule has 0 saturated carbocycles. The van der Waals surface area contributed by atoms with E-state index in [9.17, 15) is 0 Å². The number of hydrogen-bond acceptors (Lipinski definition) is 4. The summed E-state index contributed by atoms with van der Waals surface area (Å²) >= 11 is 1.79. The van der Waals surface area contributed by atoms with Crippen LogP contribution in [0.5, 0.6) is 0 Å². The zero-order chi connectivity index (χ0) is 33.1. The Bertz CT molecular complexity index is 1500.